The minimum absolute atomic E-state index is 0.240. The van der Waals surface area contributed by atoms with Crippen LogP contribution in [0, 0.1) is 5.41 Å². The van der Waals surface area contributed by atoms with Gasteiger partial charge in [0, 0.05) is 12.5 Å². The molecule has 0 aliphatic carbocycles. The van der Waals surface area contributed by atoms with E-state index in [1.807, 2.05) is 34.6 Å². The van der Waals surface area contributed by atoms with Gasteiger partial charge in [0.25, 0.3) is 0 Å². The van der Waals surface area contributed by atoms with Crippen LogP contribution >= 0.6 is 0 Å². The van der Waals surface area contributed by atoms with Crippen molar-refractivity contribution in [3.8, 4) is 0 Å². The molecule has 9 heteroatoms. The van der Waals surface area contributed by atoms with Gasteiger partial charge >= 0.3 is 19.2 Å². The predicted octanol–water partition coefficient (Wildman–Crippen LogP) is 4.06. The van der Waals surface area contributed by atoms with Crippen molar-refractivity contribution in [2.24, 2.45) is 5.41 Å². The summed E-state index contributed by atoms with van der Waals surface area (Å²) in [4.78, 5) is 27.6. The summed E-state index contributed by atoms with van der Waals surface area (Å²) in [6, 6.07) is 0. The van der Waals surface area contributed by atoms with Crippen molar-refractivity contribution in [3.05, 3.63) is 0 Å². The lowest BCUT2D eigenvalue weighted by molar-refractivity contribution is -0.160. The van der Waals surface area contributed by atoms with Crippen LogP contribution in [0.2, 0.25) is 6.32 Å². The zero-order valence-electron chi connectivity index (χ0n) is 21.8. The molecule has 2 aliphatic heterocycles. The van der Waals surface area contributed by atoms with E-state index in [1.165, 1.54) is 12.0 Å². The molecule has 2 rings (SSSR count). The lowest BCUT2D eigenvalue weighted by Crippen LogP contribution is -2.60. The maximum absolute atomic E-state index is 13.1. The van der Waals surface area contributed by atoms with Crippen molar-refractivity contribution in [2.45, 2.75) is 110 Å². The highest BCUT2D eigenvalue weighted by Crippen LogP contribution is 2.51. The number of ether oxygens (including phenoxy) is 3. The molecule has 0 aromatic rings. The molecule has 0 N–H and O–H groups in total. The fourth-order valence-electron chi connectivity index (χ4n) is 4.75. The van der Waals surface area contributed by atoms with E-state index < -0.39 is 39.8 Å². The number of likely N-dealkylation sites (tertiary alicyclic amines) is 1. The quantitative estimate of drug-likeness (QED) is 0.441. The molecule has 184 valence electrons. The van der Waals surface area contributed by atoms with Crippen molar-refractivity contribution in [1.82, 2.24) is 4.90 Å². The van der Waals surface area contributed by atoms with Crippen molar-refractivity contribution in [3.63, 3.8) is 0 Å². The Bertz CT molecular complexity index is 704. The Hall–Kier alpha value is -1.32. The molecule has 0 radical (unpaired) electrons. The number of methoxy groups -OCH3 is 2. The Kier molecular flexibility index (Phi) is 7.41. The van der Waals surface area contributed by atoms with Gasteiger partial charge in [0.1, 0.15) is 11.1 Å². The average molecular weight is 455 g/mol. The Morgan fingerprint density at radius 2 is 1.56 bits per heavy atom. The number of esters is 1. The first-order valence-corrected chi connectivity index (χ1v) is 11.4. The molecule has 3 atom stereocenters. The van der Waals surface area contributed by atoms with Gasteiger partial charge in [-0.2, -0.15) is 0 Å². The van der Waals surface area contributed by atoms with Gasteiger partial charge in [0.15, 0.2) is 0 Å². The van der Waals surface area contributed by atoms with Crippen LogP contribution in [0.25, 0.3) is 0 Å². The van der Waals surface area contributed by atoms with Crippen LogP contribution in [0.5, 0.6) is 0 Å². The first-order chi connectivity index (χ1) is 14.4. The third-order valence-electron chi connectivity index (χ3n) is 7.63. The average Bonchev–Trinajstić information content (AvgIpc) is 2.99. The van der Waals surface area contributed by atoms with Crippen molar-refractivity contribution >= 4 is 19.2 Å². The van der Waals surface area contributed by atoms with E-state index in [1.54, 1.807) is 34.8 Å². The molecule has 2 fully saturated rings. The van der Waals surface area contributed by atoms with Gasteiger partial charge < -0.3 is 23.5 Å². The summed E-state index contributed by atoms with van der Waals surface area (Å²) in [7, 11) is 2.62. The Morgan fingerprint density at radius 1 is 1.03 bits per heavy atom. The molecule has 32 heavy (non-hydrogen) atoms. The number of hydrogen-bond donors (Lipinski definition) is 0. The van der Waals surface area contributed by atoms with E-state index in [-0.39, 0.29) is 19.8 Å². The van der Waals surface area contributed by atoms with E-state index in [0.29, 0.717) is 12.7 Å². The van der Waals surface area contributed by atoms with E-state index in [0.717, 1.165) is 6.42 Å². The minimum Gasteiger partial charge on any atom is -0.467 e. The number of hydrogen-bond acceptors (Lipinski definition) is 7. The summed E-state index contributed by atoms with van der Waals surface area (Å²) in [6.07, 6.45) is 1.09. The molecule has 0 spiro atoms. The Balaban J connectivity index is 2.25. The van der Waals surface area contributed by atoms with Gasteiger partial charge in [-0.05, 0) is 68.1 Å². The number of nitrogens with zero attached hydrogens (tertiary/aromatic N) is 1. The molecule has 0 saturated carbocycles. The second kappa shape index (κ2) is 8.80. The maximum atomic E-state index is 13.1. The SMILES string of the molecule is COC(=O)[C@@]1(C)N(C(=O)OC(C)(C)C)C[C@H](OC)[C@@]1(C)CCCB1OC(C)(C)C(C)(C)O1. The normalized spacial score (nSPS) is 31.7. The molecular weight excluding hydrogens is 413 g/mol. The Morgan fingerprint density at radius 3 is 2.00 bits per heavy atom. The second-order valence-electron chi connectivity index (χ2n) is 11.4. The summed E-state index contributed by atoms with van der Waals surface area (Å²) in [6.45, 7) is 17.5. The third-order valence-corrected chi connectivity index (χ3v) is 7.63. The first-order valence-electron chi connectivity index (χ1n) is 11.4. The molecule has 0 aromatic carbocycles. The van der Waals surface area contributed by atoms with Crippen molar-refractivity contribution < 1.29 is 33.1 Å². The predicted molar refractivity (Wildman–Crippen MR) is 122 cm³/mol. The molecule has 2 saturated heterocycles. The zero-order chi connectivity index (χ0) is 24.8. The van der Waals surface area contributed by atoms with Crippen LogP contribution in [0.3, 0.4) is 0 Å². The third kappa shape index (κ3) is 4.66. The van der Waals surface area contributed by atoms with Crippen molar-refractivity contribution in [1.29, 1.82) is 0 Å². The topological polar surface area (TPSA) is 83.5 Å². The van der Waals surface area contributed by atoms with E-state index in [2.05, 4.69) is 0 Å². The molecular formula is C23H42BNO7. The zero-order valence-corrected chi connectivity index (χ0v) is 21.8. The highest BCUT2D eigenvalue weighted by molar-refractivity contribution is 6.45. The van der Waals surface area contributed by atoms with Gasteiger partial charge in [-0.3, -0.25) is 4.90 Å². The van der Waals surface area contributed by atoms with Crippen molar-refractivity contribution in [2.75, 3.05) is 20.8 Å². The summed E-state index contributed by atoms with van der Waals surface area (Å²) < 4.78 is 28.8. The summed E-state index contributed by atoms with van der Waals surface area (Å²) in [5.74, 6) is -0.485. The van der Waals surface area contributed by atoms with Gasteiger partial charge in [-0.25, -0.2) is 9.59 Å². The van der Waals surface area contributed by atoms with E-state index in [9.17, 15) is 9.59 Å². The van der Waals surface area contributed by atoms with Crippen LogP contribution in [0.1, 0.15) is 75.2 Å². The lowest BCUT2D eigenvalue weighted by atomic mass is 9.66. The number of rotatable bonds is 6. The lowest BCUT2D eigenvalue weighted by Gasteiger charge is -2.44. The van der Waals surface area contributed by atoms with Gasteiger partial charge in [-0.1, -0.05) is 13.3 Å². The van der Waals surface area contributed by atoms with E-state index >= 15 is 0 Å². The fourth-order valence-corrected chi connectivity index (χ4v) is 4.75. The molecule has 0 aromatic heterocycles. The number of carbonyl (C=O) groups excluding carboxylic acids is 2. The summed E-state index contributed by atoms with van der Waals surface area (Å²) >= 11 is 0. The first kappa shape index (κ1) is 26.9. The van der Waals surface area contributed by atoms with Gasteiger partial charge in [-0.15, -0.1) is 0 Å². The standard InChI is InChI=1S/C23H42BNO7/c1-19(2,3)30-18(27)25-15-16(28-10)22(8,23(25,9)17(26)29-11)13-12-14-24-31-20(4,5)21(6,7)32-24/h16H,12-15H2,1-11H3/t16-,22+,23+/m0/s1. The summed E-state index contributed by atoms with van der Waals surface area (Å²) in [5, 5.41) is 0. The maximum Gasteiger partial charge on any atom is 0.457 e. The minimum atomic E-state index is -1.25. The molecule has 0 bridgehead atoms. The molecule has 2 aliphatic rings. The monoisotopic (exact) mass is 455 g/mol. The van der Waals surface area contributed by atoms with Crippen LogP contribution in [-0.2, 0) is 28.3 Å². The molecule has 1 amide bonds. The highest BCUT2D eigenvalue weighted by atomic mass is 16.7. The smallest absolute Gasteiger partial charge is 0.457 e. The Labute approximate surface area is 193 Å². The molecule has 0 unspecified atom stereocenters. The fraction of sp³-hybridized carbons (Fsp3) is 0.913. The van der Waals surface area contributed by atoms with Gasteiger partial charge in [0.2, 0.25) is 0 Å². The van der Waals surface area contributed by atoms with Crippen LogP contribution < -0.4 is 0 Å². The summed E-state index contributed by atoms with van der Waals surface area (Å²) in [5.41, 5.74) is -3.42. The highest BCUT2D eigenvalue weighted by Gasteiger charge is 2.66. The van der Waals surface area contributed by atoms with Crippen LogP contribution in [0.4, 0.5) is 4.79 Å². The van der Waals surface area contributed by atoms with Crippen LogP contribution in [-0.4, -0.2) is 73.3 Å². The second-order valence-corrected chi connectivity index (χ2v) is 11.4. The largest absolute Gasteiger partial charge is 0.467 e. The molecule has 2 heterocycles. The van der Waals surface area contributed by atoms with E-state index in [4.69, 9.17) is 23.5 Å². The van der Waals surface area contributed by atoms with Crippen LogP contribution in [0.15, 0.2) is 0 Å². The number of amides is 1. The number of carbonyl (C=O) groups is 2. The van der Waals surface area contributed by atoms with Gasteiger partial charge in [0.05, 0.1) is 31.0 Å². The molecule has 8 nitrogen and oxygen atoms in total.